The molecule has 1 amide bonds. The molecule has 0 fully saturated rings. The predicted octanol–water partition coefficient (Wildman–Crippen LogP) is 2.44. The van der Waals surface area contributed by atoms with Gasteiger partial charge in [0.1, 0.15) is 0 Å². The maximum absolute atomic E-state index is 11.7. The average Bonchev–Trinajstić information content (AvgIpc) is 2.40. The zero-order valence-corrected chi connectivity index (χ0v) is 13.6. The van der Waals surface area contributed by atoms with Gasteiger partial charge in [0.05, 0.1) is 12.4 Å². The van der Waals surface area contributed by atoms with E-state index in [0.717, 1.165) is 5.56 Å². The Bertz CT molecular complexity index is 513. The molecular weight excluding hydrogens is 337 g/mol. The summed E-state index contributed by atoms with van der Waals surface area (Å²) in [5.41, 5.74) is 0.866. The van der Waals surface area contributed by atoms with E-state index in [4.69, 9.17) is 33.0 Å². The van der Waals surface area contributed by atoms with Crippen molar-refractivity contribution in [3.8, 4) is 0 Å². The molecule has 116 valence electrons. The van der Waals surface area contributed by atoms with Crippen LogP contribution in [0.25, 0.3) is 0 Å². The van der Waals surface area contributed by atoms with Gasteiger partial charge in [-0.1, -0.05) is 29.3 Å². The minimum atomic E-state index is -1.13. The SMILES string of the molecule is COCC(NC(=O)CSCc1ccc(Cl)cc1Cl)C(=O)O. The number of hydrogen-bond donors (Lipinski definition) is 2. The van der Waals surface area contributed by atoms with E-state index in [1.807, 2.05) is 0 Å². The highest BCUT2D eigenvalue weighted by molar-refractivity contribution is 7.99. The number of rotatable bonds is 8. The molecule has 0 bridgehead atoms. The van der Waals surface area contributed by atoms with Crippen LogP contribution < -0.4 is 5.32 Å². The molecule has 0 spiro atoms. The molecule has 2 N–H and O–H groups in total. The summed E-state index contributed by atoms with van der Waals surface area (Å²) in [6.07, 6.45) is 0. The number of ether oxygens (including phenoxy) is 1. The number of methoxy groups -OCH3 is 1. The molecule has 1 atom stereocenters. The maximum atomic E-state index is 11.7. The van der Waals surface area contributed by atoms with Gasteiger partial charge in [-0.15, -0.1) is 11.8 Å². The van der Waals surface area contributed by atoms with Gasteiger partial charge in [-0.3, -0.25) is 4.79 Å². The minimum absolute atomic E-state index is 0.0747. The van der Waals surface area contributed by atoms with Crippen molar-refractivity contribution in [2.24, 2.45) is 0 Å². The highest BCUT2D eigenvalue weighted by Crippen LogP contribution is 2.24. The second-order valence-electron chi connectivity index (χ2n) is 4.14. The van der Waals surface area contributed by atoms with E-state index in [-0.39, 0.29) is 18.3 Å². The first-order valence-corrected chi connectivity index (χ1v) is 7.88. The lowest BCUT2D eigenvalue weighted by Crippen LogP contribution is -2.44. The number of nitrogens with one attached hydrogen (secondary N) is 1. The molecule has 0 aliphatic rings. The molecule has 0 heterocycles. The summed E-state index contributed by atoms with van der Waals surface area (Å²) in [6, 6.07) is 4.11. The van der Waals surface area contributed by atoms with Gasteiger partial charge in [0, 0.05) is 22.9 Å². The van der Waals surface area contributed by atoms with Crippen molar-refractivity contribution in [3.63, 3.8) is 0 Å². The third kappa shape index (κ3) is 6.56. The second kappa shape index (κ2) is 9.15. The number of hydrogen-bond acceptors (Lipinski definition) is 4. The van der Waals surface area contributed by atoms with E-state index in [0.29, 0.717) is 15.8 Å². The van der Waals surface area contributed by atoms with Crippen molar-refractivity contribution < 1.29 is 19.4 Å². The Labute approximate surface area is 136 Å². The van der Waals surface area contributed by atoms with Crippen LogP contribution in [0.2, 0.25) is 10.0 Å². The van der Waals surface area contributed by atoms with Gasteiger partial charge in [0.2, 0.25) is 5.91 Å². The molecule has 1 rings (SSSR count). The molecular formula is C13H15Cl2NO4S. The number of halogens is 2. The smallest absolute Gasteiger partial charge is 0.328 e. The monoisotopic (exact) mass is 351 g/mol. The number of carboxylic acid groups (broad SMARTS) is 1. The van der Waals surface area contributed by atoms with Crippen molar-refractivity contribution in [2.75, 3.05) is 19.5 Å². The molecule has 21 heavy (non-hydrogen) atoms. The first kappa shape index (κ1) is 18.1. The van der Waals surface area contributed by atoms with Crippen LogP contribution in [-0.4, -0.2) is 42.5 Å². The van der Waals surface area contributed by atoms with Gasteiger partial charge < -0.3 is 15.2 Å². The summed E-state index contributed by atoms with van der Waals surface area (Å²) in [7, 11) is 1.37. The Morgan fingerprint density at radius 3 is 2.71 bits per heavy atom. The molecule has 0 aliphatic heterocycles. The first-order chi connectivity index (χ1) is 9.93. The van der Waals surface area contributed by atoms with Gasteiger partial charge in [0.15, 0.2) is 6.04 Å². The maximum Gasteiger partial charge on any atom is 0.328 e. The van der Waals surface area contributed by atoms with Crippen LogP contribution in [0.1, 0.15) is 5.56 Å². The Morgan fingerprint density at radius 2 is 2.14 bits per heavy atom. The van der Waals surface area contributed by atoms with Crippen molar-refractivity contribution in [2.45, 2.75) is 11.8 Å². The lowest BCUT2D eigenvalue weighted by molar-refractivity contribution is -0.142. The van der Waals surface area contributed by atoms with Crippen LogP contribution in [0, 0.1) is 0 Å². The third-order valence-corrected chi connectivity index (χ3v) is 4.04. The van der Waals surface area contributed by atoms with Crippen molar-refractivity contribution in [3.05, 3.63) is 33.8 Å². The van der Waals surface area contributed by atoms with E-state index in [9.17, 15) is 9.59 Å². The topological polar surface area (TPSA) is 75.6 Å². The fourth-order valence-electron chi connectivity index (χ4n) is 1.47. The van der Waals surface area contributed by atoms with Crippen LogP contribution >= 0.6 is 35.0 Å². The summed E-state index contributed by atoms with van der Waals surface area (Å²) >= 11 is 13.1. The fourth-order valence-corrected chi connectivity index (χ4v) is 2.87. The van der Waals surface area contributed by atoms with Gasteiger partial charge in [0.25, 0.3) is 0 Å². The fraction of sp³-hybridized carbons (Fsp3) is 0.385. The van der Waals surface area contributed by atoms with Crippen molar-refractivity contribution in [1.82, 2.24) is 5.32 Å². The average molecular weight is 352 g/mol. The normalized spacial score (nSPS) is 12.0. The lowest BCUT2D eigenvalue weighted by atomic mass is 10.2. The molecule has 0 aliphatic carbocycles. The molecule has 8 heteroatoms. The Hall–Kier alpha value is -0.950. The molecule has 0 saturated carbocycles. The van der Waals surface area contributed by atoms with Crippen LogP contribution in [-0.2, 0) is 20.1 Å². The van der Waals surface area contributed by atoms with Crippen LogP contribution in [0.3, 0.4) is 0 Å². The number of carboxylic acids is 1. The van der Waals surface area contributed by atoms with Crippen molar-refractivity contribution in [1.29, 1.82) is 0 Å². The van der Waals surface area contributed by atoms with E-state index < -0.39 is 12.0 Å². The summed E-state index contributed by atoms with van der Waals surface area (Å²) in [4.78, 5) is 22.5. The standard InChI is InChI=1S/C13H15Cl2NO4S/c1-20-5-11(13(18)19)16-12(17)7-21-6-8-2-3-9(14)4-10(8)15/h2-4,11H,5-7H2,1H3,(H,16,17)(H,18,19). The number of carbonyl (C=O) groups excluding carboxylic acids is 1. The molecule has 1 unspecified atom stereocenters. The van der Waals surface area contributed by atoms with Crippen LogP contribution in [0.5, 0.6) is 0 Å². The number of thioether (sulfide) groups is 1. The highest BCUT2D eigenvalue weighted by atomic mass is 35.5. The molecule has 0 aromatic heterocycles. The quantitative estimate of drug-likeness (QED) is 0.752. The lowest BCUT2D eigenvalue weighted by Gasteiger charge is -2.13. The van der Waals surface area contributed by atoms with Crippen LogP contribution in [0.4, 0.5) is 0 Å². The number of benzene rings is 1. The Balaban J connectivity index is 2.41. The first-order valence-electron chi connectivity index (χ1n) is 5.96. The Kier molecular flexibility index (Phi) is 7.88. The zero-order chi connectivity index (χ0) is 15.8. The number of amides is 1. The summed E-state index contributed by atoms with van der Waals surface area (Å²) in [5, 5.41) is 12.4. The largest absolute Gasteiger partial charge is 0.480 e. The van der Waals surface area contributed by atoms with E-state index in [1.54, 1.807) is 18.2 Å². The summed E-state index contributed by atoms with van der Waals surface area (Å²) in [5.74, 6) is -0.830. The molecule has 0 radical (unpaired) electrons. The molecule has 0 saturated heterocycles. The Morgan fingerprint density at radius 1 is 1.43 bits per heavy atom. The van der Waals surface area contributed by atoms with Crippen molar-refractivity contribution >= 4 is 46.8 Å². The highest BCUT2D eigenvalue weighted by Gasteiger charge is 2.19. The van der Waals surface area contributed by atoms with E-state index in [1.165, 1.54) is 18.9 Å². The van der Waals surface area contributed by atoms with E-state index in [2.05, 4.69) is 5.32 Å². The van der Waals surface area contributed by atoms with Gasteiger partial charge >= 0.3 is 5.97 Å². The van der Waals surface area contributed by atoms with Gasteiger partial charge in [-0.05, 0) is 17.7 Å². The van der Waals surface area contributed by atoms with E-state index >= 15 is 0 Å². The molecule has 1 aromatic rings. The summed E-state index contributed by atoms with van der Waals surface area (Å²) in [6.45, 7) is -0.0747. The third-order valence-electron chi connectivity index (χ3n) is 2.47. The minimum Gasteiger partial charge on any atom is -0.480 e. The summed E-state index contributed by atoms with van der Waals surface area (Å²) < 4.78 is 4.73. The molecule has 1 aromatic carbocycles. The number of carbonyl (C=O) groups is 2. The predicted molar refractivity (Wildman–Crippen MR) is 84.1 cm³/mol. The van der Waals surface area contributed by atoms with Gasteiger partial charge in [-0.2, -0.15) is 0 Å². The zero-order valence-electron chi connectivity index (χ0n) is 11.3. The second-order valence-corrected chi connectivity index (χ2v) is 5.97. The number of aliphatic carboxylic acids is 1. The van der Waals surface area contributed by atoms with Gasteiger partial charge in [-0.25, -0.2) is 4.79 Å². The van der Waals surface area contributed by atoms with Crippen LogP contribution in [0.15, 0.2) is 18.2 Å². The molecule has 5 nitrogen and oxygen atoms in total.